The number of ether oxygens (including phenoxy) is 3. The summed E-state index contributed by atoms with van der Waals surface area (Å²) in [6.45, 7) is 6.67. The number of rotatable bonds is 69. The molecule has 0 aromatic carbocycles. The van der Waals surface area contributed by atoms with Crippen LogP contribution in [0, 0.1) is 0 Å². The molecule has 0 radical (unpaired) electrons. The number of carbonyl (C=O) groups is 3. The van der Waals surface area contributed by atoms with Gasteiger partial charge in [0, 0.05) is 19.3 Å². The van der Waals surface area contributed by atoms with Crippen molar-refractivity contribution in [3.05, 3.63) is 48.6 Å². The van der Waals surface area contributed by atoms with Crippen LogP contribution in [0.15, 0.2) is 48.6 Å². The molecule has 0 aromatic heterocycles. The molecule has 0 amide bonds. The van der Waals surface area contributed by atoms with Gasteiger partial charge < -0.3 is 14.2 Å². The second-order valence-corrected chi connectivity index (χ2v) is 25.2. The molecular formula is C77H142O6. The fraction of sp³-hybridized carbons (Fsp3) is 0.857. The van der Waals surface area contributed by atoms with E-state index >= 15 is 0 Å². The predicted molar refractivity (Wildman–Crippen MR) is 362 cm³/mol. The van der Waals surface area contributed by atoms with Crippen LogP contribution in [-0.4, -0.2) is 37.2 Å². The van der Waals surface area contributed by atoms with Gasteiger partial charge in [0.05, 0.1) is 0 Å². The van der Waals surface area contributed by atoms with Crippen molar-refractivity contribution in [2.24, 2.45) is 0 Å². The molecule has 0 aliphatic rings. The first-order chi connectivity index (χ1) is 41.0. The van der Waals surface area contributed by atoms with Crippen LogP contribution in [0.2, 0.25) is 0 Å². The van der Waals surface area contributed by atoms with Gasteiger partial charge in [-0.3, -0.25) is 14.4 Å². The van der Waals surface area contributed by atoms with Crippen molar-refractivity contribution in [2.45, 2.75) is 412 Å². The minimum atomic E-state index is -0.777. The lowest BCUT2D eigenvalue weighted by Gasteiger charge is -2.18. The Morgan fingerprint density at radius 1 is 0.241 bits per heavy atom. The molecule has 0 bridgehead atoms. The molecule has 0 spiro atoms. The molecule has 0 aliphatic carbocycles. The molecule has 0 saturated carbocycles. The van der Waals surface area contributed by atoms with E-state index in [2.05, 4.69) is 69.4 Å². The van der Waals surface area contributed by atoms with Crippen molar-refractivity contribution in [1.82, 2.24) is 0 Å². The smallest absolute Gasteiger partial charge is 0.306 e. The van der Waals surface area contributed by atoms with Gasteiger partial charge in [0.15, 0.2) is 6.10 Å². The third-order valence-electron chi connectivity index (χ3n) is 16.8. The third kappa shape index (κ3) is 70.0. The Morgan fingerprint density at radius 2 is 0.434 bits per heavy atom. The van der Waals surface area contributed by atoms with Crippen LogP contribution in [0.4, 0.5) is 0 Å². The van der Waals surface area contributed by atoms with E-state index in [4.69, 9.17) is 14.2 Å². The number of carbonyl (C=O) groups excluding carboxylic acids is 3. The normalized spacial score (nSPS) is 12.3. The second-order valence-electron chi connectivity index (χ2n) is 25.2. The van der Waals surface area contributed by atoms with Gasteiger partial charge in [0.25, 0.3) is 0 Å². The Labute approximate surface area is 518 Å². The average molecular weight is 1160 g/mol. The zero-order valence-corrected chi connectivity index (χ0v) is 56.0. The summed E-state index contributed by atoms with van der Waals surface area (Å²) in [6.07, 6.45) is 91.5. The predicted octanol–water partition coefficient (Wildman–Crippen LogP) is 25.7. The highest BCUT2D eigenvalue weighted by Crippen LogP contribution is 2.19. The number of unbranched alkanes of at least 4 members (excludes halogenated alkanes) is 50. The largest absolute Gasteiger partial charge is 0.462 e. The van der Waals surface area contributed by atoms with Crippen LogP contribution in [0.1, 0.15) is 406 Å². The highest BCUT2D eigenvalue weighted by Gasteiger charge is 2.19. The molecule has 1 atom stereocenters. The van der Waals surface area contributed by atoms with Gasteiger partial charge in [0.2, 0.25) is 0 Å². The standard InChI is InChI=1S/C77H142O6/c1-4-7-10-13-16-19-22-25-28-30-32-33-34-35-36-37-38-39-40-41-42-43-45-46-49-52-55-58-61-64-67-70-76(79)82-73-74(72-81-75(78)69-66-63-60-57-54-51-48-27-24-21-18-15-12-9-6-3)83-77(80)71-68-65-62-59-56-53-50-47-44-31-29-26-23-20-17-14-11-8-5-2/h18,21-22,25,27,30,32,48,74H,4-17,19-20,23-24,26,28-29,31,33-47,49-73H2,1-3H3/b21-18-,25-22-,32-30-,48-27-. The molecule has 0 saturated heterocycles. The molecule has 0 N–H and O–H groups in total. The van der Waals surface area contributed by atoms with E-state index in [9.17, 15) is 14.4 Å². The van der Waals surface area contributed by atoms with Gasteiger partial charge in [-0.25, -0.2) is 0 Å². The molecule has 0 rings (SSSR count). The van der Waals surface area contributed by atoms with E-state index in [0.29, 0.717) is 19.3 Å². The minimum absolute atomic E-state index is 0.0719. The summed E-state index contributed by atoms with van der Waals surface area (Å²) >= 11 is 0. The Morgan fingerprint density at radius 3 is 0.687 bits per heavy atom. The Kier molecular flexibility index (Phi) is 69.6. The van der Waals surface area contributed by atoms with E-state index in [1.54, 1.807) is 0 Å². The second kappa shape index (κ2) is 71.8. The first-order valence-corrected chi connectivity index (χ1v) is 37.1. The summed E-state index contributed by atoms with van der Waals surface area (Å²) in [7, 11) is 0. The topological polar surface area (TPSA) is 78.9 Å². The molecule has 0 aromatic rings. The quantitative estimate of drug-likeness (QED) is 0.0261. The minimum Gasteiger partial charge on any atom is -0.462 e. The highest BCUT2D eigenvalue weighted by molar-refractivity contribution is 5.71. The van der Waals surface area contributed by atoms with Gasteiger partial charge in [0.1, 0.15) is 13.2 Å². The summed E-state index contributed by atoms with van der Waals surface area (Å²) < 4.78 is 17.0. The van der Waals surface area contributed by atoms with Crippen molar-refractivity contribution in [3.8, 4) is 0 Å². The third-order valence-corrected chi connectivity index (χ3v) is 16.8. The molecule has 83 heavy (non-hydrogen) atoms. The van der Waals surface area contributed by atoms with Gasteiger partial charge in [-0.2, -0.15) is 0 Å². The van der Waals surface area contributed by atoms with Crippen molar-refractivity contribution in [2.75, 3.05) is 13.2 Å². The Hall–Kier alpha value is -2.63. The Bertz CT molecular complexity index is 1430. The first-order valence-electron chi connectivity index (χ1n) is 37.1. The molecule has 0 heterocycles. The summed E-state index contributed by atoms with van der Waals surface area (Å²) in [5.41, 5.74) is 0. The molecule has 486 valence electrons. The number of allylic oxidation sites excluding steroid dienone is 8. The van der Waals surface area contributed by atoms with Gasteiger partial charge in [-0.1, -0.05) is 352 Å². The van der Waals surface area contributed by atoms with Crippen LogP contribution >= 0.6 is 0 Å². The maximum Gasteiger partial charge on any atom is 0.306 e. The van der Waals surface area contributed by atoms with Crippen molar-refractivity contribution in [1.29, 1.82) is 0 Å². The van der Waals surface area contributed by atoms with Gasteiger partial charge in [-0.15, -0.1) is 0 Å². The molecule has 1 unspecified atom stereocenters. The summed E-state index contributed by atoms with van der Waals surface area (Å²) in [4.78, 5) is 38.5. The lowest BCUT2D eigenvalue weighted by molar-refractivity contribution is -0.167. The maximum atomic E-state index is 13.0. The van der Waals surface area contributed by atoms with Gasteiger partial charge >= 0.3 is 17.9 Å². The molecular weight excluding hydrogens is 1020 g/mol. The lowest BCUT2D eigenvalue weighted by atomic mass is 10.0. The highest BCUT2D eigenvalue weighted by atomic mass is 16.6. The van der Waals surface area contributed by atoms with Crippen LogP contribution in [-0.2, 0) is 28.6 Å². The van der Waals surface area contributed by atoms with E-state index in [-0.39, 0.29) is 31.1 Å². The lowest BCUT2D eigenvalue weighted by Crippen LogP contribution is -2.30. The zero-order chi connectivity index (χ0) is 59.9. The fourth-order valence-corrected chi connectivity index (χ4v) is 11.2. The molecule has 6 heteroatoms. The number of hydrogen-bond acceptors (Lipinski definition) is 6. The molecule has 6 nitrogen and oxygen atoms in total. The molecule has 0 aliphatic heterocycles. The van der Waals surface area contributed by atoms with Crippen molar-refractivity contribution < 1.29 is 28.6 Å². The monoisotopic (exact) mass is 1160 g/mol. The van der Waals surface area contributed by atoms with Gasteiger partial charge in [-0.05, 0) is 83.5 Å². The van der Waals surface area contributed by atoms with Crippen molar-refractivity contribution in [3.63, 3.8) is 0 Å². The Balaban J connectivity index is 4.19. The van der Waals surface area contributed by atoms with Crippen LogP contribution in [0.25, 0.3) is 0 Å². The van der Waals surface area contributed by atoms with Crippen LogP contribution < -0.4 is 0 Å². The SMILES string of the molecule is CCCCC/C=C\C/C=C\CCCCCCCC(=O)OCC(COC(=O)CCCCCCCCCCCCCCCCCCCCC/C=C\C/C=C\CCCCCCC)OC(=O)CCCCCCCCCCCCCCCCCCCCC. The summed E-state index contributed by atoms with van der Waals surface area (Å²) in [5.74, 6) is -0.856. The van der Waals surface area contributed by atoms with E-state index in [1.807, 2.05) is 0 Å². The van der Waals surface area contributed by atoms with Crippen molar-refractivity contribution >= 4 is 17.9 Å². The summed E-state index contributed by atoms with van der Waals surface area (Å²) in [5, 5.41) is 0. The van der Waals surface area contributed by atoms with E-state index in [0.717, 1.165) is 83.5 Å². The fourth-order valence-electron chi connectivity index (χ4n) is 11.2. The van der Waals surface area contributed by atoms with E-state index in [1.165, 1.54) is 283 Å². The average Bonchev–Trinajstić information content (AvgIpc) is 3.50. The number of hydrogen-bond donors (Lipinski definition) is 0. The molecule has 0 fully saturated rings. The van der Waals surface area contributed by atoms with Crippen LogP contribution in [0.3, 0.4) is 0 Å². The zero-order valence-electron chi connectivity index (χ0n) is 56.0. The maximum absolute atomic E-state index is 13.0. The van der Waals surface area contributed by atoms with E-state index < -0.39 is 6.10 Å². The first kappa shape index (κ1) is 80.4. The summed E-state index contributed by atoms with van der Waals surface area (Å²) in [6, 6.07) is 0. The number of esters is 3. The van der Waals surface area contributed by atoms with Crippen LogP contribution in [0.5, 0.6) is 0 Å².